The predicted molar refractivity (Wildman–Crippen MR) is 97.7 cm³/mol. The second-order valence-corrected chi connectivity index (χ2v) is 6.61. The third-order valence-corrected chi connectivity index (χ3v) is 5.06. The Bertz CT molecular complexity index is 757. The van der Waals surface area contributed by atoms with Gasteiger partial charge in [-0.2, -0.15) is 5.26 Å². The van der Waals surface area contributed by atoms with Gasteiger partial charge in [0.2, 0.25) is 0 Å². The van der Waals surface area contributed by atoms with Crippen molar-refractivity contribution in [3.8, 4) is 17.6 Å². The topological polar surface area (TPSA) is 33.0 Å². The summed E-state index contributed by atoms with van der Waals surface area (Å²) in [5.41, 5.74) is 4.27. The van der Waals surface area contributed by atoms with Gasteiger partial charge in [0.25, 0.3) is 0 Å². The summed E-state index contributed by atoms with van der Waals surface area (Å²) in [4.78, 5) is 0. The second kappa shape index (κ2) is 7.53. The summed E-state index contributed by atoms with van der Waals surface area (Å²) in [5.74, 6) is 2.22. The van der Waals surface area contributed by atoms with Crippen LogP contribution < -0.4 is 4.74 Å². The summed E-state index contributed by atoms with van der Waals surface area (Å²) in [6.07, 6.45) is 6.75. The average Bonchev–Trinajstić information content (AvgIpc) is 2.63. The van der Waals surface area contributed by atoms with Gasteiger partial charge < -0.3 is 4.74 Å². The van der Waals surface area contributed by atoms with Crippen molar-refractivity contribution in [2.45, 2.75) is 58.3 Å². The number of hydrogen-bond donors (Lipinski definition) is 0. The molecule has 2 heteroatoms. The number of nitrogens with zero attached hydrogens (tertiary/aromatic N) is 1. The first-order chi connectivity index (χ1) is 11.8. The van der Waals surface area contributed by atoms with Gasteiger partial charge >= 0.3 is 0 Å². The van der Waals surface area contributed by atoms with Crippen molar-refractivity contribution in [2.75, 3.05) is 0 Å². The van der Waals surface area contributed by atoms with E-state index in [-0.39, 0.29) is 0 Å². The largest absolute Gasteiger partial charge is 0.457 e. The molecule has 1 aliphatic rings. The molecule has 2 aromatic rings. The van der Waals surface area contributed by atoms with Crippen LogP contribution in [0.25, 0.3) is 0 Å². The highest BCUT2D eigenvalue weighted by molar-refractivity contribution is 5.59. The minimum absolute atomic E-state index is 0.466. The second-order valence-electron chi connectivity index (χ2n) is 6.61. The van der Waals surface area contributed by atoms with Crippen LogP contribution in [0.1, 0.15) is 74.1 Å². The molecule has 0 fully saturated rings. The van der Waals surface area contributed by atoms with Crippen LogP contribution in [0.3, 0.4) is 0 Å². The Labute approximate surface area is 145 Å². The standard InChI is InChI=1S/C22H25NO/c1-3-5-6-9-16(4-2)18-12-13-22-19(20(18)15-23)14-17-10-7-8-11-21(17)24-22/h7-8,10-13,16H,3-6,9,14H2,1-2H3. The molecule has 1 unspecified atom stereocenters. The first-order valence-corrected chi connectivity index (χ1v) is 9.10. The summed E-state index contributed by atoms with van der Waals surface area (Å²) in [6.45, 7) is 4.46. The number of para-hydroxylation sites is 1. The lowest BCUT2D eigenvalue weighted by molar-refractivity contribution is 0.458. The lowest BCUT2D eigenvalue weighted by Gasteiger charge is -2.24. The highest BCUT2D eigenvalue weighted by atomic mass is 16.5. The molecular weight excluding hydrogens is 294 g/mol. The molecule has 0 spiro atoms. The van der Waals surface area contributed by atoms with E-state index in [1.165, 1.54) is 24.8 Å². The fourth-order valence-electron chi connectivity index (χ4n) is 3.67. The quantitative estimate of drug-likeness (QED) is 0.497. The molecule has 2 aromatic carbocycles. The number of hydrogen-bond acceptors (Lipinski definition) is 2. The SMILES string of the molecule is CCCCCC(CC)c1ccc2c(c1C#N)Cc1ccccc1O2. The first kappa shape index (κ1) is 16.6. The number of nitriles is 1. The Morgan fingerprint density at radius 3 is 2.67 bits per heavy atom. The van der Waals surface area contributed by atoms with Gasteiger partial charge in [0.15, 0.2) is 0 Å². The monoisotopic (exact) mass is 319 g/mol. The number of fused-ring (bicyclic) bond motifs is 2. The first-order valence-electron chi connectivity index (χ1n) is 9.10. The van der Waals surface area contributed by atoms with Gasteiger partial charge in [-0.25, -0.2) is 0 Å². The van der Waals surface area contributed by atoms with Gasteiger partial charge in [-0.05, 0) is 42.0 Å². The van der Waals surface area contributed by atoms with Gasteiger partial charge in [0.1, 0.15) is 11.5 Å². The molecule has 0 bridgehead atoms. The van der Waals surface area contributed by atoms with Crippen LogP contribution in [-0.2, 0) is 6.42 Å². The molecule has 1 atom stereocenters. The summed E-state index contributed by atoms with van der Waals surface area (Å²) in [6, 6.07) is 14.8. The zero-order valence-electron chi connectivity index (χ0n) is 14.6. The Balaban J connectivity index is 1.95. The number of ether oxygens (including phenoxy) is 1. The van der Waals surface area contributed by atoms with Crippen LogP contribution in [0.15, 0.2) is 36.4 Å². The van der Waals surface area contributed by atoms with Crippen molar-refractivity contribution in [1.82, 2.24) is 0 Å². The molecule has 1 aliphatic heterocycles. The van der Waals surface area contributed by atoms with Crippen LogP contribution in [0.5, 0.6) is 11.5 Å². The lowest BCUT2D eigenvalue weighted by atomic mass is 9.84. The number of rotatable bonds is 6. The van der Waals surface area contributed by atoms with Crippen LogP contribution in [0.2, 0.25) is 0 Å². The molecule has 2 nitrogen and oxygen atoms in total. The molecule has 0 aromatic heterocycles. The van der Waals surface area contributed by atoms with E-state index in [0.717, 1.165) is 47.5 Å². The van der Waals surface area contributed by atoms with E-state index in [9.17, 15) is 5.26 Å². The van der Waals surface area contributed by atoms with Gasteiger partial charge in [0, 0.05) is 12.0 Å². The number of benzene rings is 2. The van der Waals surface area contributed by atoms with Crippen molar-refractivity contribution >= 4 is 0 Å². The Hall–Kier alpha value is -2.27. The summed E-state index contributed by atoms with van der Waals surface area (Å²) < 4.78 is 6.04. The normalized spacial score (nSPS) is 13.4. The molecule has 124 valence electrons. The Morgan fingerprint density at radius 1 is 1.08 bits per heavy atom. The zero-order chi connectivity index (χ0) is 16.9. The molecule has 0 N–H and O–H groups in total. The minimum Gasteiger partial charge on any atom is -0.457 e. The number of unbranched alkanes of at least 4 members (excludes halogenated alkanes) is 2. The van der Waals surface area contributed by atoms with E-state index in [1.54, 1.807) is 0 Å². The van der Waals surface area contributed by atoms with Crippen LogP contribution in [-0.4, -0.2) is 0 Å². The maximum absolute atomic E-state index is 9.83. The van der Waals surface area contributed by atoms with Crippen LogP contribution >= 0.6 is 0 Å². The van der Waals surface area contributed by atoms with Crippen molar-refractivity contribution in [2.24, 2.45) is 0 Å². The lowest BCUT2D eigenvalue weighted by Crippen LogP contribution is -2.09. The molecule has 24 heavy (non-hydrogen) atoms. The smallest absolute Gasteiger partial charge is 0.132 e. The molecule has 0 aliphatic carbocycles. The zero-order valence-corrected chi connectivity index (χ0v) is 14.6. The van der Waals surface area contributed by atoms with Crippen molar-refractivity contribution < 1.29 is 4.74 Å². The molecule has 0 radical (unpaired) electrons. The van der Waals surface area contributed by atoms with Crippen molar-refractivity contribution in [1.29, 1.82) is 5.26 Å². The minimum atomic E-state index is 0.466. The molecule has 0 amide bonds. The van der Waals surface area contributed by atoms with E-state index < -0.39 is 0 Å². The van der Waals surface area contributed by atoms with Gasteiger partial charge in [-0.1, -0.05) is 57.4 Å². The fourth-order valence-corrected chi connectivity index (χ4v) is 3.67. The highest BCUT2D eigenvalue weighted by Crippen LogP contribution is 2.41. The Morgan fingerprint density at radius 2 is 1.92 bits per heavy atom. The molecular formula is C22H25NO. The van der Waals surface area contributed by atoms with E-state index in [1.807, 2.05) is 18.2 Å². The van der Waals surface area contributed by atoms with Gasteiger partial charge in [-0.15, -0.1) is 0 Å². The molecule has 0 saturated heterocycles. The van der Waals surface area contributed by atoms with E-state index in [4.69, 9.17) is 4.74 Å². The van der Waals surface area contributed by atoms with E-state index in [2.05, 4.69) is 38.1 Å². The molecule has 3 rings (SSSR count). The van der Waals surface area contributed by atoms with E-state index in [0.29, 0.717) is 5.92 Å². The highest BCUT2D eigenvalue weighted by Gasteiger charge is 2.24. The molecule has 1 heterocycles. The Kier molecular flexibility index (Phi) is 5.20. The van der Waals surface area contributed by atoms with Crippen molar-refractivity contribution in [3.63, 3.8) is 0 Å². The maximum atomic E-state index is 9.83. The van der Waals surface area contributed by atoms with Crippen molar-refractivity contribution in [3.05, 3.63) is 58.7 Å². The summed E-state index contributed by atoms with van der Waals surface area (Å²) in [5, 5.41) is 9.83. The predicted octanol–water partition coefficient (Wildman–Crippen LogP) is 6.33. The van der Waals surface area contributed by atoms with Crippen LogP contribution in [0.4, 0.5) is 0 Å². The average molecular weight is 319 g/mol. The third kappa shape index (κ3) is 3.17. The van der Waals surface area contributed by atoms with Gasteiger partial charge in [-0.3, -0.25) is 0 Å². The third-order valence-electron chi connectivity index (χ3n) is 5.06. The van der Waals surface area contributed by atoms with E-state index >= 15 is 0 Å². The van der Waals surface area contributed by atoms with Crippen LogP contribution in [0, 0.1) is 11.3 Å². The maximum Gasteiger partial charge on any atom is 0.132 e. The summed E-state index contributed by atoms with van der Waals surface area (Å²) in [7, 11) is 0. The summed E-state index contributed by atoms with van der Waals surface area (Å²) >= 11 is 0. The fraction of sp³-hybridized carbons (Fsp3) is 0.409. The molecule has 0 saturated carbocycles. The van der Waals surface area contributed by atoms with Gasteiger partial charge in [0.05, 0.1) is 11.6 Å².